The number of dihydropyridines is 1. The van der Waals surface area contributed by atoms with E-state index in [-0.39, 0.29) is 18.6 Å². The minimum absolute atomic E-state index is 0.0446. The summed E-state index contributed by atoms with van der Waals surface area (Å²) in [5.74, 6) is 0.698. The average molecular weight is 379 g/mol. The predicted molar refractivity (Wildman–Crippen MR) is 108 cm³/mol. The molecule has 1 aromatic heterocycles. The van der Waals surface area contributed by atoms with Crippen molar-refractivity contribution in [1.82, 2.24) is 4.98 Å². The first kappa shape index (κ1) is 19.2. The zero-order chi connectivity index (χ0) is 19.4. The molecule has 2 aromatic rings. The molecule has 2 atom stereocenters. The monoisotopic (exact) mass is 379 g/mol. The van der Waals surface area contributed by atoms with Crippen LogP contribution in [0.2, 0.25) is 0 Å². The zero-order valence-electron chi connectivity index (χ0n) is 15.5. The second kappa shape index (κ2) is 8.38. The third kappa shape index (κ3) is 3.75. The van der Waals surface area contributed by atoms with Crippen LogP contribution in [0, 0.1) is 11.3 Å². The van der Waals surface area contributed by atoms with Crippen LogP contribution in [-0.4, -0.2) is 35.7 Å². The number of aliphatic hydroxyl groups is 1. The predicted octanol–water partition coefficient (Wildman–Crippen LogP) is 3.96. The van der Waals surface area contributed by atoms with Crippen LogP contribution in [0.5, 0.6) is 5.75 Å². The molecule has 6 heteroatoms. The second-order valence-corrected chi connectivity index (χ2v) is 7.06. The molecule has 2 unspecified atom stereocenters. The van der Waals surface area contributed by atoms with E-state index >= 15 is 0 Å². The Bertz CT molecular complexity index is 947. The van der Waals surface area contributed by atoms with Crippen LogP contribution in [0.1, 0.15) is 29.7 Å². The Hall–Kier alpha value is -2.62. The standard InChI is InChI=1S/C21H21N3O2S/c1-13-16(5-4-8-23-13)19-10-20(27-3)18(11-22)21(24-19)17-7-6-15(26-2)9-14(17)12-25/h4-10,13,16,25H,12H2,1-3H3. The maximum Gasteiger partial charge on any atom is 0.119 e. The lowest BCUT2D eigenvalue weighted by Crippen LogP contribution is -2.16. The van der Waals surface area contributed by atoms with Gasteiger partial charge in [-0.05, 0) is 49.1 Å². The van der Waals surface area contributed by atoms with Crippen molar-refractivity contribution < 1.29 is 9.84 Å². The highest BCUT2D eigenvalue weighted by Gasteiger charge is 2.23. The van der Waals surface area contributed by atoms with Gasteiger partial charge in [-0.15, -0.1) is 11.8 Å². The number of allylic oxidation sites excluding steroid dienone is 1. The fraction of sp³-hybridized carbons (Fsp3) is 0.286. The highest BCUT2D eigenvalue weighted by molar-refractivity contribution is 7.98. The Balaban J connectivity index is 2.23. The van der Waals surface area contributed by atoms with Gasteiger partial charge in [0, 0.05) is 22.6 Å². The molecular formula is C21H21N3O2S. The average Bonchev–Trinajstić information content (AvgIpc) is 2.72. The molecule has 2 heterocycles. The SMILES string of the molecule is COc1ccc(-c2nc(C3C=CC=NC3C)cc(SC)c2C#N)c(CO)c1. The summed E-state index contributed by atoms with van der Waals surface area (Å²) < 4.78 is 5.26. The Morgan fingerprint density at radius 3 is 2.78 bits per heavy atom. The third-order valence-electron chi connectivity index (χ3n) is 4.66. The van der Waals surface area contributed by atoms with Crippen LogP contribution in [0.25, 0.3) is 11.3 Å². The van der Waals surface area contributed by atoms with Gasteiger partial charge in [-0.2, -0.15) is 5.26 Å². The lowest BCUT2D eigenvalue weighted by molar-refractivity contribution is 0.281. The topological polar surface area (TPSA) is 78.5 Å². The highest BCUT2D eigenvalue weighted by atomic mass is 32.2. The summed E-state index contributed by atoms with van der Waals surface area (Å²) in [6.07, 6.45) is 7.76. The molecule has 1 aliphatic heterocycles. The molecule has 0 saturated carbocycles. The van der Waals surface area contributed by atoms with Crippen LogP contribution >= 0.6 is 11.8 Å². The Labute approximate surface area is 163 Å². The number of methoxy groups -OCH3 is 1. The number of benzene rings is 1. The van der Waals surface area contributed by atoms with Crippen molar-refractivity contribution in [3.05, 3.63) is 53.2 Å². The van der Waals surface area contributed by atoms with Gasteiger partial charge in [-0.1, -0.05) is 6.08 Å². The molecule has 27 heavy (non-hydrogen) atoms. The van der Waals surface area contributed by atoms with Crippen LogP contribution in [0.4, 0.5) is 0 Å². The van der Waals surface area contributed by atoms with E-state index < -0.39 is 0 Å². The maximum absolute atomic E-state index is 9.85. The first-order chi connectivity index (χ1) is 13.1. The van der Waals surface area contributed by atoms with E-state index in [1.54, 1.807) is 19.4 Å². The molecule has 0 aliphatic carbocycles. The number of aromatic nitrogens is 1. The highest BCUT2D eigenvalue weighted by Crippen LogP contribution is 2.36. The van der Waals surface area contributed by atoms with E-state index in [0.29, 0.717) is 22.6 Å². The number of ether oxygens (including phenoxy) is 1. The van der Waals surface area contributed by atoms with Crippen molar-refractivity contribution in [2.45, 2.75) is 30.4 Å². The number of thioether (sulfide) groups is 1. The first-order valence-corrected chi connectivity index (χ1v) is 9.82. The van der Waals surface area contributed by atoms with Crippen molar-refractivity contribution in [2.24, 2.45) is 4.99 Å². The molecule has 1 aliphatic rings. The second-order valence-electron chi connectivity index (χ2n) is 6.22. The molecule has 0 spiro atoms. The summed E-state index contributed by atoms with van der Waals surface area (Å²) in [5, 5.41) is 19.6. The lowest BCUT2D eigenvalue weighted by Gasteiger charge is -2.22. The first-order valence-electron chi connectivity index (χ1n) is 8.60. The summed E-state index contributed by atoms with van der Waals surface area (Å²) in [4.78, 5) is 10.2. The molecule has 0 bridgehead atoms. The van der Waals surface area contributed by atoms with Gasteiger partial charge in [0.2, 0.25) is 0 Å². The van der Waals surface area contributed by atoms with Crippen LogP contribution in [-0.2, 0) is 6.61 Å². The lowest BCUT2D eigenvalue weighted by atomic mass is 9.93. The fourth-order valence-electron chi connectivity index (χ4n) is 3.19. The summed E-state index contributed by atoms with van der Waals surface area (Å²) in [6.45, 7) is 1.89. The summed E-state index contributed by atoms with van der Waals surface area (Å²) in [7, 11) is 1.58. The minimum atomic E-state index is -0.165. The largest absolute Gasteiger partial charge is 0.497 e. The summed E-state index contributed by atoms with van der Waals surface area (Å²) in [6, 6.07) is 9.78. The van der Waals surface area contributed by atoms with Gasteiger partial charge >= 0.3 is 0 Å². The number of nitrogens with zero attached hydrogens (tertiary/aromatic N) is 3. The molecular weight excluding hydrogens is 358 g/mol. The molecule has 138 valence electrons. The molecule has 1 aromatic carbocycles. The Morgan fingerprint density at radius 1 is 1.33 bits per heavy atom. The number of rotatable bonds is 5. The Kier molecular flexibility index (Phi) is 5.94. The maximum atomic E-state index is 9.85. The molecule has 0 saturated heterocycles. The summed E-state index contributed by atoms with van der Waals surface area (Å²) >= 11 is 1.52. The van der Waals surface area contributed by atoms with Gasteiger partial charge in [0.1, 0.15) is 11.8 Å². The van der Waals surface area contributed by atoms with Crippen molar-refractivity contribution in [1.29, 1.82) is 5.26 Å². The van der Waals surface area contributed by atoms with Gasteiger partial charge in [-0.25, -0.2) is 0 Å². The molecule has 0 fully saturated rings. The van der Waals surface area contributed by atoms with Gasteiger partial charge in [-0.3, -0.25) is 9.98 Å². The zero-order valence-corrected chi connectivity index (χ0v) is 16.3. The molecule has 3 rings (SSSR count). The minimum Gasteiger partial charge on any atom is -0.497 e. The number of hydrogen-bond donors (Lipinski definition) is 1. The van der Waals surface area contributed by atoms with Crippen molar-refractivity contribution in [2.75, 3.05) is 13.4 Å². The van der Waals surface area contributed by atoms with Gasteiger partial charge < -0.3 is 9.84 Å². The number of aliphatic imine (C=N–C) groups is 1. The van der Waals surface area contributed by atoms with Gasteiger partial charge in [0.05, 0.1) is 36.7 Å². The van der Waals surface area contributed by atoms with E-state index in [1.807, 2.05) is 30.5 Å². The number of nitriles is 1. The molecule has 0 amide bonds. The van der Waals surface area contributed by atoms with E-state index in [0.717, 1.165) is 16.2 Å². The number of pyridine rings is 1. The third-order valence-corrected chi connectivity index (χ3v) is 5.42. The number of hydrogen-bond acceptors (Lipinski definition) is 6. The smallest absolute Gasteiger partial charge is 0.119 e. The van der Waals surface area contributed by atoms with Crippen molar-refractivity contribution in [3.63, 3.8) is 0 Å². The van der Waals surface area contributed by atoms with Gasteiger partial charge in [0.25, 0.3) is 0 Å². The van der Waals surface area contributed by atoms with Crippen molar-refractivity contribution in [3.8, 4) is 23.1 Å². The normalized spacial score (nSPS) is 18.3. The van der Waals surface area contributed by atoms with Crippen LogP contribution in [0.15, 0.2) is 46.3 Å². The number of aliphatic hydroxyl groups excluding tert-OH is 1. The van der Waals surface area contributed by atoms with E-state index in [4.69, 9.17) is 9.72 Å². The van der Waals surface area contributed by atoms with E-state index in [1.165, 1.54) is 11.8 Å². The van der Waals surface area contributed by atoms with Crippen LogP contribution < -0.4 is 4.74 Å². The van der Waals surface area contributed by atoms with Crippen molar-refractivity contribution >= 4 is 18.0 Å². The van der Waals surface area contributed by atoms with Gasteiger partial charge in [0.15, 0.2) is 0 Å². The van der Waals surface area contributed by atoms with Crippen LogP contribution in [0.3, 0.4) is 0 Å². The molecule has 0 radical (unpaired) electrons. The molecule has 5 nitrogen and oxygen atoms in total. The van der Waals surface area contributed by atoms with E-state index in [2.05, 4.69) is 24.1 Å². The summed E-state index contributed by atoms with van der Waals surface area (Å²) in [5.41, 5.74) is 3.38. The quantitative estimate of drug-likeness (QED) is 0.796. The fourth-order valence-corrected chi connectivity index (χ4v) is 3.77. The van der Waals surface area contributed by atoms with E-state index in [9.17, 15) is 10.4 Å². The molecule has 1 N–H and O–H groups in total. The Morgan fingerprint density at radius 2 is 2.15 bits per heavy atom.